The van der Waals surface area contributed by atoms with Crippen LogP contribution in [0.15, 0.2) is 10.6 Å². The number of amides is 1. The van der Waals surface area contributed by atoms with Crippen LogP contribution in [0.25, 0.3) is 0 Å². The zero-order chi connectivity index (χ0) is 22.5. The Hall–Kier alpha value is -1.38. The number of nitrogens with one attached hydrogen (secondary N) is 1. The highest BCUT2D eigenvalue weighted by atomic mass is 32.2. The van der Waals surface area contributed by atoms with E-state index in [0.29, 0.717) is 17.7 Å². The van der Waals surface area contributed by atoms with Crippen molar-refractivity contribution in [1.82, 2.24) is 10.2 Å². The summed E-state index contributed by atoms with van der Waals surface area (Å²) in [5.74, 6) is -1.40. The Bertz CT molecular complexity index is 807. The Morgan fingerprint density at radius 3 is 2.61 bits per heavy atom. The summed E-state index contributed by atoms with van der Waals surface area (Å²) in [6, 6.07) is 0.336. The lowest BCUT2D eigenvalue weighted by Crippen LogP contribution is -2.62. The minimum atomic E-state index is -1.01. The molecule has 4 aliphatic heterocycles. The van der Waals surface area contributed by atoms with Crippen molar-refractivity contribution in [2.75, 3.05) is 33.2 Å². The van der Waals surface area contributed by atoms with Crippen molar-refractivity contribution >= 4 is 29.4 Å². The minimum Gasteiger partial charge on any atom is -0.477 e. The first-order valence-corrected chi connectivity index (χ1v) is 12.5. The topological polar surface area (TPSA) is 86.7 Å². The molecule has 1 unspecified atom stereocenters. The number of likely N-dealkylation sites (tertiary alicyclic amines) is 1. The molecule has 0 bridgehead atoms. The molecule has 31 heavy (non-hydrogen) atoms. The molecular weight excluding hydrogens is 414 g/mol. The number of ketones is 1. The number of fused-ring (bicyclic) bond motifs is 1. The van der Waals surface area contributed by atoms with Crippen molar-refractivity contribution in [2.45, 2.75) is 63.8 Å². The number of carbonyl (C=O) groups excluding carboxylic acids is 2. The number of carboxylic acids is 1. The molecule has 1 amide bonds. The van der Waals surface area contributed by atoms with Crippen LogP contribution in [0, 0.1) is 17.8 Å². The van der Waals surface area contributed by atoms with Gasteiger partial charge in [-0.2, -0.15) is 0 Å². The van der Waals surface area contributed by atoms with Gasteiger partial charge < -0.3 is 24.6 Å². The Morgan fingerprint density at radius 2 is 2.00 bits per heavy atom. The summed E-state index contributed by atoms with van der Waals surface area (Å²) in [4.78, 5) is 38.9. The van der Waals surface area contributed by atoms with E-state index in [0.717, 1.165) is 28.9 Å². The van der Waals surface area contributed by atoms with Gasteiger partial charge in [0, 0.05) is 41.9 Å². The quantitative estimate of drug-likeness (QED) is 0.435. The highest BCUT2D eigenvalue weighted by molar-refractivity contribution is 8.03. The van der Waals surface area contributed by atoms with E-state index >= 15 is 0 Å². The average molecular weight is 451 g/mol. The van der Waals surface area contributed by atoms with Gasteiger partial charge in [0.25, 0.3) is 0 Å². The lowest BCUT2D eigenvalue weighted by molar-refractivity contribution is -0.898. The van der Waals surface area contributed by atoms with Crippen LogP contribution >= 0.6 is 11.8 Å². The van der Waals surface area contributed by atoms with Crippen LogP contribution in [0.4, 0.5) is 0 Å². The third-order valence-corrected chi connectivity index (χ3v) is 9.31. The first-order chi connectivity index (χ1) is 14.6. The molecule has 8 heteroatoms. The Labute approximate surface area is 189 Å². The molecule has 0 aromatic carbocycles. The van der Waals surface area contributed by atoms with E-state index in [1.165, 1.54) is 30.8 Å². The number of Topliss-reactive ketones (excluding diaryl/α,β-unsaturated/α-hetero) is 1. The van der Waals surface area contributed by atoms with Crippen molar-refractivity contribution in [2.24, 2.45) is 17.8 Å². The number of hydrogen-bond acceptors (Lipinski definition) is 5. The summed E-state index contributed by atoms with van der Waals surface area (Å²) in [5.41, 5.74) is 0.181. The summed E-state index contributed by atoms with van der Waals surface area (Å²) >= 11 is 1.67. The first-order valence-electron chi connectivity index (χ1n) is 11.6. The van der Waals surface area contributed by atoms with Crippen molar-refractivity contribution < 1.29 is 24.0 Å². The number of quaternary nitrogens is 1. The summed E-state index contributed by atoms with van der Waals surface area (Å²) in [6.45, 7) is 10.0. The van der Waals surface area contributed by atoms with Crippen molar-refractivity contribution in [1.29, 1.82) is 0 Å². The van der Waals surface area contributed by atoms with E-state index in [2.05, 4.69) is 12.4 Å². The number of β-lactam (4-membered cyclic amide) rings is 1. The maximum Gasteiger partial charge on any atom is 0.353 e. The largest absolute Gasteiger partial charge is 0.477 e. The summed E-state index contributed by atoms with van der Waals surface area (Å²) < 4.78 is 1.13. The van der Waals surface area contributed by atoms with Gasteiger partial charge in [0.15, 0.2) is 0 Å². The molecule has 0 aromatic rings. The smallest absolute Gasteiger partial charge is 0.353 e. The van der Waals surface area contributed by atoms with Gasteiger partial charge in [0.05, 0.1) is 44.7 Å². The molecule has 0 saturated carbocycles. The van der Waals surface area contributed by atoms with E-state index in [4.69, 9.17) is 0 Å². The number of hydrogen-bond donors (Lipinski definition) is 2. The number of nitrogens with zero attached hydrogens (tertiary/aromatic N) is 2. The third kappa shape index (κ3) is 4.18. The Balaban J connectivity index is 1.45. The Morgan fingerprint density at radius 1 is 1.32 bits per heavy atom. The van der Waals surface area contributed by atoms with E-state index in [1.807, 2.05) is 13.8 Å². The number of carbonyl (C=O) groups is 3. The molecular formula is C23H36N3O4S+. The van der Waals surface area contributed by atoms with Crippen molar-refractivity contribution in [3.63, 3.8) is 0 Å². The summed E-state index contributed by atoms with van der Waals surface area (Å²) in [7, 11) is 2.35. The van der Waals surface area contributed by atoms with Gasteiger partial charge in [-0.05, 0) is 19.3 Å². The van der Waals surface area contributed by atoms with Gasteiger partial charge in [0.1, 0.15) is 11.5 Å². The molecule has 0 aromatic heterocycles. The van der Waals surface area contributed by atoms with Crippen LogP contribution in [0.2, 0.25) is 0 Å². The lowest BCUT2D eigenvalue weighted by Gasteiger charge is -2.47. The van der Waals surface area contributed by atoms with Crippen LogP contribution in [0.5, 0.6) is 0 Å². The molecule has 0 aliphatic carbocycles. The monoisotopic (exact) mass is 450 g/mol. The molecule has 3 fully saturated rings. The zero-order valence-electron chi connectivity index (χ0n) is 19.1. The molecule has 7 nitrogen and oxygen atoms in total. The molecule has 2 N–H and O–H groups in total. The maximum absolute atomic E-state index is 12.9. The van der Waals surface area contributed by atoms with Crippen LogP contribution < -0.4 is 5.32 Å². The standard InChI is InChI=1S/C23H35N3O4S/c1-13(9-14(2)27)18-19-15(3)21(20(23(29)30)25(19)22(18)28)31-17-10-16(24-11-17)12-26(4)7-5-6-8-26/h13,15-19,24H,5-12H2,1-4H3/p+1/t13-,15+,16?,17-,18+,19+/m0/s1. The predicted octanol–water partition coefficient (Wildman–Crippen LogP) is 2.08. The van der Waals surface area contributed by atoms with Gasteiger partial charge in [0.2, 0.25) is 5.91 Å². The van der Waals surface area contributed by atoms with Gasteiger partial charge in [-0.1, -0.05) is 13.8 Å². The molecule has 6 atom stereocenters. The minimum absolute atomic E-state index is 0.00427. The normalized spacial score (nSPS) is 35.3. The first kappa shape index (κ1) is 22.8. The highest BCUT2D eigenvalue weighted by Gasteiger charge is 2.60. The van der Waals surface area contributed by atoms with Crippen LogP contribution in [-0.4, -0.2) is 82.7 Å². The molecule has 4 rings (SSSR count). The van der Waals surface area contributed by atoms with Crippen LogP contribution in [0.1, 0.15) is 46.5 Å². The maximum atomic E-state index is 12.9. The Kier molecular flexibility index (Phi) is 6.27. The van der Waals surface area contributed by atoms with Crippen LogP contribution in [-0.2, 0) is 14.4 Å². The highest BCUT2D eigenvalue weighted by Crippen LogP contribution is 2.53. The molecule has 3 saturated heterocycles. The number of likely N-dealkylation sites (N-methyl/N-ethyl adjacent to an activating group) is 1. The fourth-order valence-electron chi connectivity index (χ4n) is 6.35. The van der Waals surface area contributed by atoms with E-state index in [-0.39, 0.29) is 41.2 Å². The van der Waals surface area contributed by atoms with Gasteiger partial charge in [-0.15, -0.1) is 11.8 Å². The number of rotatable bonds is 8. The SMILES string of the molecule is CC(=O)C[C@H](C)[C@H]1C(=O)N2C(C(=O)O)=C(S[C@@H]3CNC(C[N+]4(C)CCCC4)C3)[C@H](C)[C@H]12. The van der Waals surface area contributed by atoms with Gasteiger partial charge >= 0.3 is 5.97 Å². The van der Waals surface area contributed by atoms with Gasteiger partial charge in [-0.25, -0.2) is 4.79 Å². The predicted molar refractivity (Wildman–Crippen MR) is 120 cm³/mol. The molecule has 0 radical (unpaired) electrons. The second-order valence-corrected chi connectivity index (χ2v) is 11.8. The van der Waals surface area contributed by atoms with Gasteiger partial charge in [-0.3, -0.25) is 4.79 Å². The second kappa shape index (κ2) is 8.52. The number of thioether (sulfide) groups is 1. The summed E-state index contributed by atoms with van der Waals surface area (Å²) in [6.07, 6.45) is 4.01. The zero-order valence-corrected chi connectivity index (χ0v) is 19.9. The van der Waals surface area contributed by atoms with Crippen LogP contribution in [0.3, 0.4) is 0 Å². The molecule has 4 heterocycles. The second-order valence-electron chi connectivity index (χ2n) is 10.5. The average Bonchev–Trinajstić information content (AvgIpc) is 3.34. The fraction of sp³-hybridized carbons (Fsp3) is 0.783. The lowest BCUT2D eigenvalue weighted by atomic mass is 9.73. The van der Waals surface area contributed by atoms with Crippen molar-refractivity contribution in [3.8, 4) is 0 Å². The summed E-state index contributed by atoms with van der Waals surface area (Å²) in [5, 5.41) is 13.9. The van der Waals surface area contributed by atoms with E-state index in [9.17, 15) is 19.5 Å². The van der Waals surface area contributed by atoms with E-state index in [1.54, 1.807) is 18.7 Å². The number of aliphatic carboxylic acids is 1. The van der Waals surface area contributed by atoms with Crippen molar-refractivity contribution in [3.05, 3.63) is 10.6 Å². The molecule has 0 spiro atoms. The van der Waals surface area contributed by atoms with E-state index < -0.39 is 5.97 Å². The number of carboxylic acid groups (broad SMARTS) is 1. The molecule has 4 aliphatic rings. The molecule has 172 valence electrons. The fourth-order valence-corrected chi connectivity index (χ4v) is 7.87. The third-order valence-electron chi connectivity index (χ3n) is 7.80.